The van der Waals surface area contributed by atoms with Crippen LogP contribution in [0.15, 0.2) is 29.2 Å². The largest absolute Gasteiger partial charge is 0.340 e. The summed E-state index contributed by atoms with van der Waals surface area (Å²) in [5.74, 6) is 0.318. The highest BCUT2D eigenvalue weighted by Gasteiger charge is 2.45. The SMILES string of the molecule is Cc1ccc(SC2(C(=O)N3CC[C@@H](N)C3)CCCC2)cc1. The zero-order chi connectivity index (χ0) is 14.9. The summed E-state index contributed by atoms with van der Waals surface area (Å²) in [6.45, 7) is 3.65. The van der Waals surface area contributed by atoms with E-state index in [1.165, 1.54) is 10.5 Å². The molecule has 3 nitrogen and oxygen atoms in total. The van der Waals surface area contributed by atoms with Crippen LogP contribution >= 0.6 is 11.8 Å². The minimum Gasteiger partial charge on any atom is -0.340 e. The molecule has 1 aliphatic heterocycles. The molecule has 1 aliphatic carbocycles. The molecule has 114 valence electrons. The number of carbonyl (C=O) groups excluding carboxylic acids is 1. The molecule has 1 aromatic carbocycles. The van der Waals surface area contributed by atoms with E-state index in [0.717, 1.165) is 45.2 Å². The number of rotatable bonds is 3. The van der Waals surface area contributed by atoms with Gasteiger partial charge >= 0.3 is 0 Å². The molecule has 1 heterocycles. The van der Waals surface area contributed by atoms with Gasteiger partial charge in [0, 0.05) is 24.0 Å². The number of carbonyl (C=O) groups is 1. The molecular weight excluding hydrogens is 280 g/mol. The predicted molar refractivity (Wildman–Crippen MR) is 87.4 cm³/mol. The Bertz CT molecular complexity index is 508. The average molecular weight is 304 g/mol. The van der Waals surface area contributed by atoms with Gasteiger partial charge in [0.2, 0.25) is 5.91 Å². The lowest BCUT2D eigenvalue weighted by atomic mass is 10.1. The Morgan fingerprint density at radius 3 is 2.52 bits per heavy atom. The second-order valence-electron chi connectivity index (χ2n) is 6.42. The van der Waals surface area contributed by atoms with Gasteiger partial charge in [-0.25, -0.2) is 0 Å². The Kier molecular flexibility index (Phi) is 4.27. The van der Waals surface area contributed by atoms with Gasteiger partial charge in [-0.1, -0.05) is 30.5 Å². The lowest BCUT2D eigenvalue weighted by molar-refractivity contribution is -0.132. The third-order valence-electron chi connectivity index (χ3n) is 4.65. The van der Waals surface area contributed by atoms with Gasteiger partial charge in [-0.3, -0.25) is 4.79 Å². The summed E-state index contributed by atoms with van der Waals surface area (Å²) >= 11 is 1.77. The fourth-order valence-electron chi connectivity index (χ4n) is 3.40. The maximum absolute atomic E-state index is 13.0. The summed E-state index contributed by atoms with van der Waals surface area (Å²) in [6, 6.07) is 8.70. The number of thioether (sulfide) groups is 1. The molecule has 2 fully saturated rings. The highest BCUT2D eigenvalue weighted by atomic mass is 32.2. The van der Waals surface area contributed by atoms with Crippen molar-refractivity contribution in [2.75, 3.05) is 13.1 Å². The van der Waals surface area contributed by atoms with Gasteiger partial charge < -0.3 is 10.6 Å². The third-order valence-corrected chi connectivity index (χ3v) is 6.13. The quantitative estimate of drug-likeness (QED) is 0.934. The van der Waals surface area contributed by atoms with E-state index in [-0.39, 0.29) is 10.8 Å². The number of likely N-dealkylation sites (tertiary alicyclic amines) is 1. The van der Waals surface area contributed by atoms with Crippen molar-refractivity contribution in [2.24, 2.45) is 5.73 Å². The normalized spacial score (nSPS) is 24.5. The van der Waals surface area contributed by atoms with E-state index in [1.54, 1.807) is 11.8 Å². The first-order valence-electron chi connectivity index (χ1n) is 7.90. The first kappa shape index (κ1) is 14.9. The smallest absolute Gasteiger partial charge is 0.239 e. The molecule has 0 aromatic heterocycles. The highest BCUT2D eigenvalue weighted by Crippen LogP contribution is 2.46. The van der Waals surface area contributed by atoms with Crippen LogP contribution in [0.4, 0.5) is 0 Å². The van der Waals surface area contributed by atoms with Gasteiger partial charge in [-0.05, 0) is 38.3 Å². The van der Waals surface area contributed by atoms with Crippen LogP contribution < -0.4 is 5.73 Å². The zero-order valence-electron chi connectivity index (χ0n) is 12.7. The van der Waals surface area contributed by atoms with E-state index in [0.29, 0.717) is 5.91 Å². The molecule has 4 heteroatoms. The molecule has 1 amide bonds. The van der Waals surface area contributed by atoms with Gasteiger partial charge in [-0.15, -0.1) is 11.8 Å². The van der Waals surface area contributed by atoms with Crippen molar-refractivity contribution in [1.29, 1.82) is 0 Å². The number of amides is 1. The number of hydrogen-bond donors (Lipinski definition) is 1. The maximum Gasteiger partial charge on any atom is 0.239 e. The van der Waals surface area contributed by atoms with Crippen LogP contribution in [0.2, 0.25) is 0 Å². The second-order valence-corrected chi connectivity index (χ2v) is 7.87. The van der Waals surface area contributed by atoms with Crippen LogP contribution in [0.1, 0.15) is 37.7 Å². The lowest BCUT2D eigenvalue weighted by Gasteiger charge is -2.32. The third kappa shape index (κ3) is 3.11. The van der Waals surface area contributed by atoms with Gasteiger partial charge in [0.1, 0.15) is 0 Å². The number of nitrogens with two attached hydrogens (primary N) is 1. The average Bonchev–Trinajstić information content (AvgIpc) is 3.11. The minimum atomic E-state index is -0.251. The maximum atomic E-state index is 13.0. The first-order chi connectivity index (χ1) is 10.1. The molecule has 0 spiro atoms. The highest BCUT2D eigenvalue weighted by molar-refractivity contribution is 8.01. The minimum absolute atomic E-state index is 0.164. The van der Waals surface area contributed by atoms with Crippen molar-refractivity contribution >= 4 is 17.7 Å². The van der Waals surface area contributed by atoms with Crippen LogP contribution in [0, 0.1) is 6.92 Å². The number of benzene rings is 1. The standard InChI is InChI=1S/C17H24N2OS/c1-13-4-6-15(7-5-13)21-17(9-2-3-10-17)16(20)19-11-8-14(18)12-19/h4-7,14H,2-3,8-12,18H2,1H3/t14-/m1/s1. The molecule has 21 heavy (non-hydrogen) atoms. The van der Waals surface area contributed by atoms with Crippen LogP contribution in [0.3, 0.4) is 0 Å². The van der Waals surface area contributed by atoms with E-state index in [1.807, 2.05) is 4.90 Å². The number of aryl methyl sites for hydroxylation is 1. The summed E-state index contributed by atoms with van der Waals surface area (Å²) in [4.78, 5) is 16.2. The summed E-state index contributed by atoms with van der Waals surface area (Å²) in [7, 11) is 0. The van der Waals surface area contributed by atoms with Crippen molar-refractivity contribution < 1.29 is 4.79 Å². The van der Waals surface area contributed by atoms with E-state index < -0.39 is 0 Å². The first-order valence-corrected chi connectivity index (χ1v) is 8.71. The Morgan fingerprint density at radius 2 is 1.95 bits per heavy atom. The van der Waals surface area contributed by atoms with Crippen LogP contribution in [0.25, 0.3) is 0 Å². The molecule has 0 radical (unpaired) electrons. The van der Waals surface area contributed by atoms with Crippen molar-refractivity contribution in [3.63, 3.8) is 0 Å². The van der Waals surface area contributed by atoms with E-state index in [2.05, 4.69) is 31.2 Å². The molecule has 1 saturated carbocycles. The Morgan fingerprint density at radius 1 is 1.29 bits per heavy atom. The zero-order valence-corrected chi connectivity index (χ0v) is 13.5. The fourth-order valence-corrected chi connectivity index (χ4v) is 4.83. The topological polar surface area (TPSA) is 46.3 Å². The van der Waals surface area contributed by atoms with Crippen molar-refractivity contribution in [3.05, 3.63) is 29.8 Å². The number of hydrogen-bond acceptors (Lipinski definition) is 3. The Hall–Kier alpha value is -1.00. The lowest BCUT2D eigenvalue weighted by Crippen LogP contribution is -2.45. The monoisotopic (exact) mass is 304 g/mol. The summed E-state index contributed by atoms with van der Waals surface area (Å²) < 4.78 is -0.251. The summed E-state index contributed by atoms with van der Waals surface area (Å²) in [6.07, 6.45) is 5.25. The molecule has 3 rings (SSSR count). The molecular formula is C17H24N2OS. The van der Waals surface area contributed by atoms with Crippen molar-refractivity contribution in [3.8, 4) is 0 Å². The summed E-state index contributed by atoms with van der Waals surface area (Å²) in [5, 5.41) is 0. The predicted octanol–water partition coefficient (Wildman–Crippen LogP) is 2.96. The Labute approximate surface area is 131 Å². The van der Waals surface area contributed by atoms with Crippen LogP contribution in [-0.2, 0) is 4.79 Å². The molecule has 2 N–H and O–H groups in total. The second kappa shape index (κ2) is 6.01. The van der Waals surface area contributed by atoms with E-state index in [4.69, 9.17) is 5.73 Å². The van der Waals surface area contributed by atoms with Gasteiger partial charge in [0.05, 0.1) is 4.75 Å². The van der Waals surface area contributed by atoms with Gasteiger partial charge in [-0.2, -0.15) is 0 Å². The molecule has 0 bridgehead atoms. The Balaban J connectivity index is 1.79. The van der Waals surface area contributed by atoms with Crippen LogP contribution in [-0.4, -0.2) is 34.7 Å². The van der Waals surface area contributed by atoms with E-state index >= 15 is 0 Å². The molecule has 0 unspecified atom stereocenters. The molecule has 1 atom stereocenters. The van der Waals surface area contributed by atoms with Gasteiger partial charge in [0.25, 0.3) is 0 Å². The fraction of sp³-hybridized carbons (Fsp3) is 0.588. The van der Waals surface area contributed by atoms with Crippen molar-refractivity contribution in [2.45, 2.75) is 54.7 Å². The van der Waals surface area contributed by atoms with Crippen molar-refractivity contribution in [1.82, 2.24) is 4.90 Å². The summed E-state index contributed by atoms with van der Waals surface area (Å²) in [5.41, 5.74) is 7.23. The number of nitrogens with zero attached hydrogens (tertiary/aromatic N) is 1. The van der Waals surface area contributed by atoms with Gasteiger partial charge in [0.15, 0.2) is 0 Å². The van der Waals surface area contributed by atoms with Crippen LogP contribution in [0.5, 0.6) is 0 Å². The molecule has 1 saturated heterocycles. The molecule has 1 aromatic rings. The molecule has 2 aliphatic rings. The van der Waals surface area contributed by atoms with E-state index in [9.17, 15) is 4.79 Å².